The quantitative estimate of drug-likeness (QED) is 0.844. The summed E-state index contributed by atoms with van der Waals surface area (Å²) < 4.78 is 5.49. The molecule has 1 aliphatic heterocycles. The van der Waals surface area contributed by atoms with Gasteiger partial charge in [-0.15, -0.1) is 11.3 Å². The van der Waals surface area contributed by atoms with Crippen LogP contribution in [0.3, 0.4) is 0 Å². The van der Waals surface area contributed by atoms with Gasteiger partial charge < -0.3 is 10.5 Å². The van der Waals surface area contributed by atoms with Gasteiger partial charge in [-0.1, -0.05) is 6.07 Å². The van der Waals surface area contributed by atoms with Crippen LogP contribution in [0.1, 0.15) is 11.3 Å². The van der Waals surface area contributed by atoms with Gasteiger partial charge in [0, 0.05) is 24.6 Å². The summed E-state index contributed by atoms with van der Waals surface area (Å²) in [5, 5.41) is 2.13. The van der Waals surface area contributed by atoms with E-state index in [4.69, 9.17) is 10.5 Å². The lowest BCUT2D eigenvalue weighted by Gasteiger charge is -2.36. The van der Waals surface area contributed by atoms with Gasteiger partial charge in [-0.25, -0.2) is 0 Å². The van der Waals surface area contributed by atoms with Gasteiger partial charge in [0.1, 0.15) is 0 Å². The zero-order valence-electron chi connectivity index (χ0n) is 9.82. The molecule has 1 saturated heterocycles. The molecule has 0 aromatic carbocycles. The van der Waals surface area contributed by atoms with Crippen LogP contribution in [-0.2, 0) is 11.2 Å². The van der Waals surface area contributed by atoms with Crippen LogP contribution in [0.2, 0.25) is 0 Å². The molecular weight excluding hydrogens is 220 g/mol. The summed E-state index contributed by atoms with van der Waals surface area (Å²) >= 11 is 1.82. The summed E-state index contributed by atoms with van der Waals surface area (Å²) in [7, 11) is 2.16. The second kappa shape index (κ2) is 5.27. The summed E-state index contributed by atoms with van der Waals surface area (Å²) in [6.07, 6.45) is 2.17. The number of hydrogen-bond acceptors (Lipinski definition) is 4. The Balaban J connectivity index is 1.89. The number of rotatable bonds is 5. The highest BCUT2D eigenvalue weighted by atomic mass is 32.1. The first-order chi connectivity index (χ1) is 7.77. The van der Waals surface area contributed by atoms with Crippen LogP contribution in [0.5, 0.6) is 0 Å². The maximum atomic E-state index is 5.90. The van der Waals surface area contributed by atoms with Crippen LogP contribution in [0.15, 0.2) is 17.5 Å². The zero-order chi connectivity index (χ0) is 11.4. The Kier molecular flexibility index (Phi) is 3.97. The molecule has 0 spiro atoms. The second-order valence-electron chi connectivity index (χ2n) is 4.48. The Labute approximate surface area is 101 Å². The minimum atomic E-state index is 0.0806. The lowest BCUT2D eigenvalue weighted by Crippen LogP contribution is -2.53. The molecule has 0 radical (unpaired) electrons. The number of ether oxygens (including phenoxy) is 1. The molecule has 4 heteroatoms. The van der Waals surface area contributed by atoms with Gasteiger partial charge in [0.2, 0.25) is 0 Å². The van der Waals surface area contributed by atoms with Gasteiger partial charge in [-0.05, 0) is 31.3 Å². The third-order valence-corrected chi connectivity index (χ3v) is 4.48. The predicted molar refractivity (Wildman–Crippen MR) is 67.9 cm³/mol. The molecule has 0 aliphatic carbocycles. The van der Waals surface area contributed by atoms with Crippen LogP contribution in [-0.4, -0.2) is 43.8 Å². The molecule has 0 saturated carbocycles. The Morgan fingerprint density at radius 3 is 3.06 bits per heavy atom. The van der Waals surface area contributed by atoms with Crippen molar-refractivity contribution in [2.24, 2.45) is 5.73 Å². The van der Waals surface area contributed by atoms with E-state index in [1.807, 2.05) is 11.3 Å². The average molecular weight is 240 g/mol. The number of hydrogen-bond donors (Lipinski definition) is 1. The van der Waals surface area contributed by atoms with E-state index in [2.05, 4.69) is 29.5 Å². The molecule has 0 amide bonds. The van der Waals surface area contributed by atoms with Crippen molar-refractivity contribution in [2.45, 2.75) is 18.4 Å². The van der Waals surface area contributed by atoms with Crippen LogP contribution >= 0.6 is 11.3 Å². The van der Waals surface area contributed by atoms with E-state index in [-0.39, 0.29) is 5.54 Å². The molecule has 1 aliphatic rings. The first-order valence-electron chi connectivity index (χ1n) is 5.78. The summed E-state index contributed by atoms with van der Waals surface area (Å²) in [6, 6.07) is 4.30. The fourth-order valence-electron chi connectivity index (χ4n) is 2.18. The zero-order valence-corrected chi connectivity index (χ0v) is 10.6. The molecule has 0 bridgehead atoms. The van der Waals surface area contributed by atoms with E-state index < -0.39 is 0 Å². The minimum absolute atomic E-state index is 0.0806. The molecular formula is C12H20N2OS. The molecule has 2 rings (SSSR count). The van der Waals surface area contributed by atoms with Gasteiger partial charge in [-0.2, -0.15) is 0 Å². The van der Waals surface area contributed by atoms with Gasteiger partial charge in [0.15, 0.2) is 0 Å². The first kappa shape index (κ1) is 12.0. The Morgan fingerprint density at radius 2 is 2.50 bits per heavy atom. The van der Waals surface area contributed by atoms with Crippen LogP contribution < -0.4 is 5.73 Å². The topological polar surface area (TPSA) is 38.5 Å². The van der Waals surface area contributed by atoms with Crippen molar-refractivity contribution in [2.75, 3.05) is 33.4 Å². The lowest BCUT2D eigenvalue weighted by molar-refractivity contribution is 0.0947. The molecule has 2 heterocycles. The van der Waals surface area contributed by atoms with Gasteiger partial charge in [0.05, 0.1) is 12.1 Å². The molecule has 16 heavy (non-hydrogen) atoms. The first-order valence-corrected chi connectivity index (χ1v) is 6.66. The number of nitrogens with zero attached hydrogens (tertiary/aromatic N) is 1. The van der Waals surface area contributed by atoms with Crippen LogP contribution in [0.4, 0.5) is 0 Å². The highest BCUT2D eigenvalue weighted by Crippen LogP contribution is 2.24. The maximum Gasteiger partial charge on any atom is 0.0663 e. The summed E-state index contributed by atoms with van der Waals surface area (Å²) in [5.41, 5.74) is 5.98. The summed E-state index contributed by atoms with van der Waals surface area (Å²) in [4.78, 5) is 3.82. The Hall–Kier alpha value is -0.420. The predicted octanol–water partition coefficient (Wildman–Crippen LogP) is 1.34. The molecule has 3 nitrogen and oxygen atoms in total. The molecule has 90 valence electrons. The van der Waals surface area contributed by atoms with Crippen molar-refractivity contribution < 1.29 is 4.74 Å². The summed E-state index contributed by atoms with van der Waals surface area (Å²) in [5.74, 6) is 0. The van der Waals surface area contributed by atoms with Crippen LogP contribution in [0.25, 0.3) is 0 Å². The SMILES string of the molecule is CN(CCc1cccs1)C1(CN)CCOC1. The third-order valence-electron chi connectivity index (χ3n) is 3.55. The van der Waals surface area contributed by atoms with Gasteiger partial charge >= 0.3 is 0 Å². The summed E-state index contributed by atoms with van der Waals surface area (Å²) in [6.45, 7) is 3.37. The third kappa shape index (κ3) is 2.46. The van der Waals surface area contributed by atoms with E-state index in [0.29, 0.717) is 6.54 Å². The maximum absolute atomic E-state index is 5.90. The largest absolute Gasteiger partial charge is 0.379 e. The van der Waals surface area contributed by atoms with Crippen molar-refractivity contribution in [3.05, 3.63) is 22.4 Å². The monoisotopic (exact) mass is 240 g/mol. The van der Waals surface area contributed by atoms with Crippen LogP contribution in [0, 0.1) is 0 Å². The number of likely N-dealkylation sites (N-methyl/N-ethyl adjacent to an activating group) is 1. The fraction of sp³-hybridized carbons (Fsp3) is 0.667. The highest BCUT2D eigenvalue weighted by Gasteiger charge is 2.37. The van der Waals surface area contributed by atoms with Crippen molar-refractivity contribution >= 4 is 11.3 Å². The highest BCUT2D eigenvalue weighted by molar-refractivity contribution is 7.09. The van der Waals surface area contributed by atoms with E-state index in [0.717, 1.165) is 32.6 Å². The fourth-order valence-corrected chi connectivity index (χ4v) is 2.88. The van der Waals surface area contributed by atoms with Gasteiger partial charge in [0.25, 0.3) is 0 Å². The Bertz CT molecular complexity index is 307. The Morgan fingerprint density at radius 1 is 1.62 bits per heavy atom. The standard InChI is InChI=1S/C12H20N2OS/c1-14(6-4-11-3-2-8-16-11)12(9-13)5-7-15-10-12/h2-3,8H,4-7,9-10,13H2,1H3. The number of thiophene rings is 1. The van der Waals surface area contributed by atoms with E-state index in [9.17, 15) is 0 Å². The molecule has 1 unspecified atom stereocenters. The normalized spacial score (nSPS) is 25.4. The average Bonchev–Trinajstić information content (AvgIpc) is 2.97. The van der Waals surface area contributed by atoms with Crippen molar-refractivity contribution in [1.29, 1.82) is 0 Å². The molecule has 1 fully saturated rings. The molecule has 1 aromatic heterocycles. The molecule has 1 aromatic rings. The van der Waals surface area contributed by atoms with Crippen molar-refractivity contribution in [3.8, 4) is 0 Å². The smallest absolute Gasteiger partial charge is 0.0663 e. The second-order valence-corrected chi connectivity index (χ2v) is 5.51. The van der Waals surface area contributed by atoms with E-state index >= 15 is 0 Å². The molecule has 2 N–H and O–H groups in total. The van der Waals surface area contributed by atoms with E-state index in [1.54, 1.807) is 0 Å². The minimum Gasteiger partial charge on any atom is -0.379 e. The van der Waals surface area contributed by atoms with E-state index in [1.165, 1.54) is 4.88 Å². The van der Waals surface area contributed by atoms with Gasteiger partial charge in [-0.3, -0.25) is 4.90 Å². The molecule has 1 atom stereocenters. The van der Waals surface area contributed by atoms with Crippen molar-refractivity contribution in [1.82, 2.24) is 4.90 Å². The lowest BCUT2D eigenvalue weighted by atomic mass is 9.96. The van der Waals surface area contributed by atoms with Crippen molar-refractivity contribution in [3.63, 3.8) is 0 Å². The number of nitrogens with two attached hydrogens (primary N) is 1.